The third-order valence-electron chi connectivity index (χ3n) is 6.41. The quantitative estimate of drug-likeness (QED) is 0.231. The Balaban J connectivity index is 1.05. The van der Waals surface area contributed by atoms with E-state index < -0.39 is 21.7 Å². The lowest BCUT2D eigenvalue weighted by Gasteiger charge is -2.07. The highest BCUT2D eigenvalue weighted by atomic mass is 32.2. The van der Waals surface area contributed by atoms with Crippen molar-refractivity contribution in [2.24, 2.45) is 10.2 Å². The summed E-state index contributed by atoms with van der Waals surface area (Å²) in [5, 5.41) is 7.88. The number of hydrogen-bond donors (Lipinski definition) is 2. The van der Waals surface area contributed by atoms with Crippen molar-refractivity contribution >= 4 is 34.1 Å². The number of rotatable bonds is 8. The highest BCUT2D eigenvalue weighted by Gasteiger charge is 2.19. The Labute approximate surface area is 245 Å². The van der Waals surface area contributed by atoms with Gasteiger partial charge in [-0.2, -0.15) is 10.2 Å². The van der Waals surface area contributed by atoms with Crippen molar-refractivity contribution in [2.75, 3.05) is 13.6 Å². The molecule has 0 spiro atoms. The molecule has 2 aliphatic rings. The molecule has 43 heavy (non-hydrogen) atoms. The van der Waals surface area contributed by atoms with Crippen LogP contribution in [0.5, 0.6) is 23.0 Å². The summed E-state index contributed by atoms with van der Waals surface area (Å²) in [6.07, 6.45) is 2.91. The average Bonchev–Trinajstić information content (AvgIpc) is 3.70. The normalized spacial score (nSPS) is 13.4. The fourth-order valence-electron chi connectivity index (χ4n) is 4.15. The molecular weight excluding hydrogens is 576 g/mol. The van der Waals surface area contributed by atoms with Crippen molar-refractivity contribution in [3.8, 4) is 23.0 Å². The molecule has 2 amide bonds. The molecule has 0 saturated carbocycles. The van der Waals surface area contributed by atoms with Gasteiger partial charge in [0.25, 0.3) is 11.8 Å². The Kier molecular flexibility index (Phi) is 7.45. The Morgan fingerprint density at radius 2 is 0.977 bits per heavy atom. The molecular formula is C30H22N4O8S. The predicted molar refractivity (Wildman–Crippen MR) is 154 cm³/mol. The van der Waals surface area contributed by atoms with Crippen molar-refractivity contribution in [3.63, 3.8) is 0 Å². The number of fused-ring (bicyclic) bond motifs is 2. The summed E-state index contributed by atoms with van der Waals surface area (Å²) in [5.41, 5.74) is 6.64. The topological polar surface area (TPSA) is 154 Å². The number of nitrogens with one attached hydrogen (secondary N) is 2. The van der Waals surface area contributed by atoms with Crippen LogP contribution >= 0.6 is 0 Å². The van der Waals surface area contributed by atoms with Gasteiger partial charge in [-0.3, -0.25) is 9.59 Å². The zero-order chi connectivity index (χ0) is 29.8. The maximum Gasteiger partial charge on any atom is 0.271 e. The average molecular weight is 599 g/mol. The van der Waals surface area contributed by atoms with Gasteiger partial charge >= 0.3 is 0 Å². The standard InChI is InChI=1S/C30H22N4O8S/c35-29(33-31-15-19-1-11-25-27(13-19)41-17-39-25)21-3-7-23(8-4-21)43(37,38)24-9-5-22(6-10-24)30(36)34-32-16-20-2-12-26-28(14-20)42-18-40-26/h1-16H,17-18H2,(H,33,35)(H,34,36)/b31-15+,32-16+. The maximum atomic E-state index is 13.1. The van der Waals surface area contributed by atoms with E-state index in [-0.39, 0.29) is 34.5 Å². The Hall–Kier alpha value is -5.69. The summed E-state index contributed by atoms with van der Waals surface area (Å²) >= 11 is 0. The highest BCUT2D eigenvalue weighted by Crippen LogP contribution is 2.33. The predicted octanol–water partition coefficient (Wildman–Crippen LogP) is 3.50. The molecule has 6 rings (SSSR count). The minimum absolute atomic E-state index is 0.0153. The summed E-state index contributed by atoms with van der Waals surface area (Å²) in [7, 11) is -3.91. The van der Waals surface area contributed by atoms with Gasteiger partial charge in [-0.25, -0.2) is 19.3 Å². The number of amides is 2. The van der Waals surface area contributed by atoms with Crippen LogP contribution in [0.15, 0.2) is 105 Å². The highest BCUT2D eigenvalue weighted by molar-refractivity contribution is 7.91. The molecule has 2 aliphatic heterocycles. The maximum absolute atomic E-state index is 13.1. The molecule has 0 atom stereocenters. The van der Waals surface area contributed by atoms with Gasteiger partial charge in [0.15, 0.2) is 23.0 Å². The number of hydrogen-bond acceptors (Lipinski definition) is 10. The zero-order valence-electron chi connectivity index (χ0n) is 22.2. The smallest absolute Gasteiger partial charge is 0.271 e. The van der Waals surface area contributed by atoms with Crippen LogP contribution in [-0.2, 0) is 9.84 Å². The fraction of sp³-hybridized carbons (Fsp3) is 0.0667. The van der Waals surface area contributed by atoms with E-state index in [0.29, 0.717) is 34.1 Å². The van der Waals surface area contributed by atoms with E-state index in [1.54, 1.807) is 36.4 Å². The number of nitrogens with zero attached hydrogens (tertiary/aromatic N) is 2. The van der Waals surface area contributed by atoms with Crippen LogP contribution < -0.4 is 29.8 Å². The van der Waals surface area contributed by atoms with E-state index in [1.165, 1.54) is 61.0 Å². The second-order valence-electron chi connectivity index (χ2n) is 9.18. The van der Waals surface area contributed by atoms with Crippen molar-refractivity contribution < 1.29 is 37.0 Å². The van der Waals surface area contributed by atoms with E-state index in [1.807, 2.05) is 0 Å². The Bertz CT molecular complexity index is 1740. The molecule has 0 bridgehead atoms. The van der Waals surface area contributed by atoms with Gasteiger partial charge < -0.3 is 18.9 Å². The number of carbonyl (C=O) groups excluding carboxylic acids is 2. The molecule has 0 unspecified atom stereocenters. The summed E-state index contributed by atoms with van der Waals surface area (Å²) in [6, 6.07) is 21.3. The lowest BCUT2D eigenvalue weighted by atomic mass is 10.2. The SMILES string of the molecule is O=C(N/N=C/c1ccc2c(c1)OCO2)c1ccc(S(=O)(=O)c2ccc(C(=O)N/N=C/c3ccc4c(c3)OCO4)cc2)cc1. The van der Waals surface area contributed by atoms with E-state index >= 15 is 0 Å². The van der Waals surface area contributed by atoms with Crippen LogP contribution in [0.2, 0.25) is 0 Å². The molecule has 12 nitrogen and oxygen atoms in total. The molecule has 0 aromatic heterocycles. The monoisotopic (exact) mass is 598 g/mol. The largest absolute Gasteiger partial charge is 0.454 e. The van der Waals surface area contributed by atoms with Crippen LogP contribution in [0.3, 0.4) is 0 Å². The molecule has 2 N–H and O–H groups in total. The molecule has 0 aliphatic carbocycles. The summed E-state index contributed by atoms with van der Waals surface area (Å²) in [6.45, 7) is 0.308. The fourth-order valence-corrected chi connectivity index (χ4v) is 5.41. The number of benzene rings is 4. The van der Waals surface area contributed by atoms with Crippen molar-refractivity contribution in [1.29, 1.82) is 0 Å². The third-order valence-corrected chi connectivity index (χ3v) is 8.19. The van der Waals surface area contributed by atoms with Crippen molar-refractivity contribution in [2.45, 2.75) is 9.79 Å². The summed E-state index contributed by atoms with van der Waals surface area (Å²) in [4.78, 5) is 24.9. The molecule has 4 aromatic rings. The van der Waals surface area contributed by atoms with Crippen LogP contribution in [0.25, 0.3) is 0 Å². The first-order valence-electron chi connectivity index (χ1n) is 12.8. The molecule has 4 aromatic carbocycles. The van der Waals surface area contributed by atoms with Gasteiger partial charge in [0.05, 0.1) is 22.2 Å². The Morgan fingerprint density at radius 3 is 1.40 bits per heavy atom. The van der Waals surface area contributed by atoms with Crippen LogP contribution in [-0.4, -0.2) is 46.2 Å². The summed E-state index contributed by atoms with van der Waals surface area (Å²) in [5.74, 6) is 1.42. The van der Waals surface area contributed by atoms with Crippen LogP contribution in [0, 0.1) is 0 Å². The first-order valence-corrected chi connectivity index (χ1v) is 14.3. The minimum Gasteiger partial charge on any atom is -0.454 e. The molecule has 0 radical (unpaired) electrons. The van der Waals surface area contributed by atoms with Gasteiger partial charge in [0.2, 0.25) is 23.4 Å². The van der Waals surface area contributed by atoms with Gasteiger partial charge in [0, 0.05) is 11.1 Å². The second-order valence-corrected chi connectivity index (χ2v) is 11.1. The van der Waals surface area contributed by atoms with Crippen LogP contribution in [0.4, 0.5) is 0 Å². The lowest BCUT2D eigenvalue weighted by Crippen LogP contribution is -2.18. The molecule has 13 heteroatoms. The first-order chi connectivity index (χ1) is 20.9. The number of sulfone groups is 1. The Morgan fingerprint density at radius 1 is 0.581 bits per heavy atom. The zero-order valence-corrected chi connectivity index (χ0v) is 23.0. The van der Waals surface area contributed by atoms with Crippen molar-refractivity contribution in [1.82, 2.24) is 10.9 Å². The van der Waals surface area contributed by atoms with E-state index in [9.17, 15) is 18.0 Å². The van der Waals surface area contributed by atoms with Gasteiger partial charge in [-0.05, 0) is 96.1 Å². The van der Waals surface area contributed by atoms with Gasteiger partial charge in [0.1, 0.15) is 0 Å². The number of ether oxygens (including phenoxy) is 4. The van der Waals surface area contributed by atoms with Gasteiger partial charge in [-0.1, -0.05) is 0 Å². The number of hydrazone groups is 2. The molecule has 0 saturated heterocycles. The van der Waals surface area contributed by atoms with E-state index in [0.717, 1.165) is 0 Å². The van der Waals surface area contributed by atoms with Gasteiger partial charge in [-0.15, -0.1) is 0 Å². The summed E-state index contributed by atoms with van der Waals surface area (Å²) < 4.78 is 47.4. The molecule has 216 valence electrons. The van der Waals surface area contributed by atoms with Crippen LogP contribution in [0.1, 0.15) is 31.8 Å². The number of carbonyl (C=O) groups is 2. The van der Waals surface area contributed by atoms with E-state index in [2.05, 4.69) is 21.1 Å². The third kappa shape index (κ3) is 6.01. The second kappa shape index (κ2) is 11.7. The lowest BCUT2D eigenvalue weighted by molar-refractivity contribution is 0.0947. The minimum atomic E-state index is -3.91. The van der Waals surface area contributed by atoms with Crippen molar-refractivity contribution in [3.05, 3.63) is 107 Å². The molecule has 2 heterocycles. The molecule has 0 fully saturated rings. The van der Waals surface area contributed by atoms with E-state index in [4.69, 9.17) is 18.9 Å². The first kappa shape index (κ1) is 27.5.